The normalized spacial score (nSPS) is 30.7. The molecule has 0 amide bonds. The van der Waals surface area contributed by atoms with Crippen molar-refractivity contribution in [1.82, 2.24) is 9.55 Å². The molecule has 0 unspecified atom stereocenters. The predicted octanol–water partition coefficient (Wildman–Crippen LogP) is -0.432. The minimum absolute atomic E-state index is 0.0254. The van der Waals surface area contributed by atoms with Gasteiger partial charge in [0.25, 0.3) is 0 Å². The molecule has 1 saturated heterocycles. The van der Waals surface area contributed by atoms with E-state index in [1.807, 2.05) is 0 Å². The zero-order valence-corrected chi connectivity index (χ0v) is 11.4. The summed E-state index contributed by atoms with van der Waals surface area (Å²) in [6.07, 6.45) is -0.790. The molecule has 3 atom stereocenters. The highest BCUT2D eigenvalue weighted by atomic mass is 79.9. The first-order valence-electron chi connectivity index (χ1n) is 5.50. The molecule has 0 bridgehead atoms. The summed E-state index contributed by atoms with van der Waals surface area (Å²) in [7, 11) is 0. The SMILES string of the molecule is Nc1nc(=O)n([C@H]2C[C@H](O)[C@@](CO)(CF)O2)cc1Br. The van der Waals surface area contributed by atoms with E-state index in [1.54, 1.807) is 0 Å². The van der Waals surface area contributed by atoms with Gasteiger partial charge >= 0.3 is 5.69 Å². The number of anilines is 1. The molecule has 0 aliphatic carbocycles. The number of hydrogen-bond acceptors (Lipinski definition) is 6. The van der Waals surface area contributed by atoms with Gasteiger partial charge in [-0.3, -0.25) is 4.57 Å². The molecule has 106 valence electrons. The van der Waals surface area contributed by atoms with Crippen molar-refractivity contribution in [3.8, 4) is 0 Å². The highest BCUT2D eigenvalue weighted by Crippen LogP contribution is 2.36. The van der Waals surface area contributed by atoms with E-state index >= 15 is 0 Å². The van der Waals surface area contributed by atoms with Crippen molar-refractivity contribution in [3.63, 3.8) is 0 Å². The average Bonchev–Trinajstić information content (AvgIpc) is 2.71. The molecule has 4 N–H and O–H groups in total. The second-order valence-electron chi connectivity index (χ2n) is 4.34. The highest BCUT2D eigenvalue weighted by molar-refractivity contribution is 9.10. The average molecular weight is 338 g/mol. The number of halogens is 2. The van der Waals surface area contributed by atoms with Gasteiger partial charge in [0.2, 0.25) is 0 Å². The molecule has 2 heterocycles. The first-order valence-corrected chi connectivity index (χ1v) is 6.29. The van der Waals surface area contributed by atoms with Crippen molar-refractivity contribution >= 4 is 21.7 Å². The summed E-state index contributed by atoms with van der Waals surface area (Å²) in [4.78, 5) is 15.3. The predicted molar refractivity (Wildman–Crippen MR) is 67.1 cm³/mol. The summed E-state index contributed by atoms with van der Waals surface area (Å²) >= 11 is 3.12. The molecule has 1 aromatic rings. The molecule has 0 saturated carbocycles. The number of aliphatic hydroxyl groups excluding tert-OH is 2. The lowest BCUT2D eigenvalue weighted by Gasteiger charge is -2.26. The number of nitrogens with zero attached hydrogens (tertiary/aromatic N) is 2. The second kappa shape index (κ2) is 5.16. The molecule has 7 nitrogen and oxygen atoms in total. The lowest BCUT2D eigenvalue weighted by atomic mass is 10.00. The molecule has 1 fully saturated rings. The van der Waals surface area contributed by atoms with Crippen LogP contribution in [0.4, 0.5) is 10.2 Å². The van der Waals surface area contributed by atoms with Crippen LogP contribution in [0.5, 0.6) is 0 Å². The van der Waals surface area contributed by atoms with Gasteiger partial charge in [0.15, 0.2) is 0 Å². The van der Waals surface area contributed by atoms with Gasteiger partial charge in [0, 0.05) is 12.6 Å². The Morgan fingerprint density at radius 3 is 2.95 bits per heavy atom. The van der Waals surface area contributed by atoms with Gasteiger partial charge < -0.3 is 20.7 Å². The van der Waals surface area contributed by atoms with Gasteiger partial charge in [-0.05, 0) is 15.9 Å². The van der Waals surface area contributed by atoms with E-state index in [4.69, 9.17) is 15.6 Å². The number of hydrogen-bond donors (Lipinski definition) is 3. The number of alkyl halides is 1. The number of rotatable bonds is 3. The van der Waals surface area contributed by atoms with Crippen LogP contribution in [0.25, 0.3) is 0 Å². The fourth-order valence-electron chi connectivity index (χ4n) is 1.94. The lowest BCUT2D eigenvalue weighted by Crippen LogP contribution is -2.45. The summed E-state index contributed by atoms with van der Waals surface area (Å²) in [6.45, 7) is -1.74. The van der Waals surface area contributed by atoms with E-state index in [0.29, 0.717) is 4.47 Å². The molecule has 0 aromatic carbocycles. The molecule has 9 heteroatoms. The van der Waals surface area contributed by atoms with E-state index in [-0.39, 0.29) is 12.2 Å². The molecule has 1 aliphatic rings. The van der Waals surface area contributed by atoms with Gasteiger partial charge in [0.05, 0.1) is 17.2 Å². The summed E-state index contributed by atoms with van der Waals surface area (Å²) in [6, 6.07) is 0. The minimum Gasteiger partial charge on any atom is -0.393 e. The fraction of sp³-hybridized carbons (Fsp3) is 0.600. The Labute approximate surface area is 116 Å². The molecule has 0 spiro atoms. The smallest absolute Gasteiger partial charge is 0.351 e. The monoisotopic (exact) mass is 337 g/mol. The summed E-state index contributed by atoms with van der Waals surface area (Å²) in [5.74, 6) is 0.0266. The Morgan fingerprint density at radius 1 is 1.74 bits per heavy atom. The van der Waals surface area contributed by atoms with Crippen molar-refractivity contribution in [2.24, 2.45) is 0 Å². The summed E-state index contributed by atoms with van der Waals surface area (Å²) < 4.78 is 19.7. The minimum atomic E-state index is -1.70. The molecule has 1 aliphatic heterocycles. The number of aliphatic hydroxyl groups is 2. The first-order chi connectivity index (χ1) is 8.93. The molecular formula is C10H13BrFN3O4. The number of ether oxygens (including phenoxy) is 1. The van der Waals surface area contributed by atoms with Gasteiger partial charge in [0.1, 0.15) is 24.3 Å². The summed E-state index contributed by atoms with van der Waals surface area (Å²) in [5.41, 5.74) is 3.09. The topological polar surface area (TPSA) is 111 Å². The number of nitrogens with two attached hydrogens (primary N) is 1. The first kappa shape index (κ1) is 14.4. The Balaban J connectivity index is 2.36. The molecule has 19 heavy (non-hydrogen) atoms. The quantitative estimate of drug-likeness (QED) is 0.690. The maximum atomic E-state index is 13.0. The zero-order valence-electron chi connectivity index (χ0n) is 9.79. The van der Waals surface area contributed by atoms with Crippen LogP contribution >= 0.6 is 15.9 Å². The van der Waals surface area contributed by atoms with E-state index in [0.717, 1.165) is 4.57 Å². The van der Waals surface area contributed by atoms with E-state index in [9.17, 15) is 14.3 Å². The maximum Gasteiger partial charge on any atom is 0.351 e. The van der Waals surface area contributed by atoms with Crippen molar-refractivity contribution in [2.75, 3.05) is 19.0 Å². The largest absolute Gasteiger partial charge is 0.393 e. The Hall–Kier alpha value is -1.03. The van der Waals surface area contributed by atoms with Gasteiger partial charge in [-0.25, -0.2) is 9.18 Å². The third-order valence-corrected chi connectivity index (χ3v) is 3.75. The molecule has 2 rings (SSSR count). The maximum absolute atomic E-state index is 13.0. The van der Waals surface area contributed by atoms with Crippen LogP contribution in [0.2, 0.25) is 0 Å². The van der Waals surface area contributed by atoms with E-state index in [1.165, 1.54) is 6.20 Å². The zero-order chi connectivity index (χ0) is 14.2. The van der Waals surface area contributed by atoms with Gasteiger partial charge in [-0.1, -0.05) is 0 Å². The van der Waals surface area contributed by atoms with E-state index < -0.39 is 36.9 Å². The van der Waals surface area contributed by atoms with Crippen LogP contribution in [0.1, 0.15) is 12.6 Å². The van der Waals surface area contributed by atoms with Crippen LogP contribution in [0.3, 0.4) is 0 Å². The third-order valence-electron chi connectivity index (χ3n) is 3.14. The number of nitrogen functional groups attached to an aromatic ring is 1. The van der Waals surface area contributed by atoms with Crippen LogP contribution in [-0.2, 0) is 4.74 Å². The van der Waals surface area contributed by atoms with Crippen LogP contribution in [0.15, 0.2) is 15.5 Å². The van der Waals surface area contributed by atoms with Crippen molar-refractivity contribution in [3.05, 3.63) is 21.2 Å². The van der Waals surface area contributed by atoms with Crippen molar-refractivity contribution in [2.45, 2.75) is 24.4 Å². The Morgan fingerprint density at radius 2 is 2.42 bits per heavy atom. The third kappa shape index (κ3) is 2.38. The van der Waals surface area contributed by atoms with Gasteiger partial charge in [-0.2, -0.15) is 4.98 Å². The number of aromatic nitrogens is 2. The van der Waals surface area contributed by atoms with Crippen LogP contribution in [0, 0.1) is 0 Å². The van der Waals surface area contributed by atoms with Crippen LogP contribution in [-0.4, -0.2) is 44.8 Å². The second-order valence-corrected chi connectivity index (χ2v) is 5.20. The molecule has 1 aromatic heterocycles. The van der Waals surface area contributed by atoms with E-state index in [2.05, 4.69) is 20.9 Å². The molecular weight excluding hydrogens is 325 g/mol. The van der Waals surface area contributed by atoms with Crippen molar-refractivity contribution < 1.29 is 19.3 Å². The summed E-state index contributed by atoms with van der Waals surface area (Å²) in [5, 5.41) is 19.0. The molecule has 0 radical (unpaired) electrons. The van der Waals surface area contributed by atoms with Crippen molar-refractivity contribution in [1.29, 1.82) is 0 Å². The highest BCUT2D eigenvalue weighted by Gasteiger charge is 2.49. The Kier molecular flexibility index (Phi) is 3.90. The fourth-order valence-corrected chi connectivity index (χ4v) is 2.25. The lowest BCUT2D eigenvalue weighted by molar-refractivity contribution is -0.138. The van der Waals surface area contributed by atoms with Gasteiger partial charge in [-0.15, -0.1) is 0 Å². The Bertz CT molecular complexity index is 534. The van der Waals surface area contributed by atoms with Crippen LogP contribution < -0.4 is 11.4 Å². The standard InChI is InChI=1S/C10H13BrFN3O4/c11-5-2-15(9(18)14-8(5)13)7-1-6(17)10(3-12,4-16)19-7/h2,6-7,16-17H,1,3-4H2,(H2,13,14,18)/t6-,7+,10-/m0/s1.